The van der Waals surface area contributed by atoms with Crippen molar-refractivity contribution in [3.05, 3.63) is 65.6 Å². The van der Waals surface area contributed by atoms with E-state index in [1.807, 2.05) is 0 Å². The van der Waals surface area contributed by atoms with Crippen LogP contribution in [0.25, 0.3) is 11.4 Å². The number of rotatable bonds is 4. The summed E-state index contributed by atoms with van der Waals surface area (Å²) in [4.78, 5) is 16.3. The van der Waals surface area contributed by atoms with Crippen molar-refractivity contribution in [2.75, 3.05) is 6.61 Å². The van der Waals surface area contributed by atoms with Gasteiger partial charge in [0.05, 0.1) is 19.2 Å². The van der Waals surface area contributed by atoms with E-state index in [0.717, 1.165) is 0 Å². The molecule has 9 heteroatoms. The smallest absolute Gasteiger partial charge is 0.315 e. The number of amides is 2. The summed E-state index contributed by atoms with van der Waals surface area (Å²) in [6.07, 6.45) is 0.522. The van der Waals surface area contributed by atoms with Crippen molar-refractivity contribution in [2.45, 2.75) is 19.0 Å². The van der Waals surface area contributed by atoms with Crippen LogP contribution in [0, 0.1) is 11.6 Å². The van der Waals surface area contributed by atoms with E-state index in [4.69, 9.17) is 9.26 Å². The first-order valence-electron chi connectivity index (χ1n) is 8.63. The molecule has 1 aliphatic heterocycles. The molecule has 0 radical (unpaired) electrons. The molecule has 0 saturated heterocycles. The lowest BCUT2D eigenvalue weighted by atomic mass is 10.0. The van der Waals surface area contributed by atoms with Gasteiger partial charge in [-0.05, 0) is 30.3 Å². The monoisotopic (exact) mass is 386 g/mol. The molecule has 0 fully saturated rings. The topological polar surface area (TPSA) is 89.3 Å². The number of carbonyl (C=O) groups is 1. The molecule has 4 rings (SSSR count). The fraction of sp³-hybridized carbons (Fsp3) is 0.211. The summed E-state index contributed by atoms with van der Waals surface area (Å²) in [6, 6.07) is 9.17. The minimum absolute atomic E-state index is 0.00657. The van der Waals surface area contributed by atoms with Crippen LogP contribution in [0.4, 0.5) is 13.6 Å². The first-order chi connectivity index (χ1) is 13.6. The van der Waals surface area contributed by atoms with Gasteiger partial charge in [0.15, 0.2) is 0 Å². The molecule has 144 valence electrons. The van der Waals surface area contributed by atoms with Crippen LogP contribution in [0.15, 0.2) is 47.0 Å². The molecule has 0 spiro atoms. The predicted molar refractivity (Wildman–Crippen MR) is 94.3 cm³/mol. The van der Waals surface area contributed by atoms with Gasteiger partial charge in [-0.3, -0.25) is 0 Å². The lowest BCUT2D eigenvalue weighted by Crippen LogP contribution is -2.39. The van der Waals surface area contributed by atoms with Gasteiger partial charge in [0.25, 0.3) is 0 Å². The van der Waals surface area contributed by atoms with E-state index in [1.54, 1.807) is 18.2 Å². The maximum atomic E-state index is 13.5. The van der Waals surface area contributed by atoms with E-state index in [9.17, 15) is 13.6 Å². The molecule has 1 unspecified atom stereocenters. The molecule has 1 aliphatic rings. The quantitative estimate of drug-likeness (QED) is 0.718. The van der Waals surface area contributed by atoms with Gasteiger partial charge in [0.2, 0.25) is 11.7 Å². The number of aromatic nitrogens is 2. The van der Waals surface area contributed by atoms with Gasteiger partial charge in [-0.15, -0.1) is 0 Å². The fourth-order valence-electron chi connectivity index (χ4n) is 2.95. The minimum atomic E-state index is -0.465. The summed E-state index contributed by atoms with van der Waals surface area (Å²) in [7, 11) is 0. The first-order valence-corrected chi connectivity index (χ1v) is 8.63. The first kappa shape index (κ1) is 17.9. The van der Waals surface area contributed by atoms with E-state index >= 15 is 0 Å². The highest BCUT2D eigenvalue weighted by Gasteiger charge is 2.23. The van der Waals surface area contributed by atoms with Crippen LogP contribution in [-0.2, 0) is 6.54 Å². The molecule has 2 N–H and O–H groups in total. The van der Waals surface area contributed by atoms with E-state index in [0.29, 0.717) is 29.9 Å². The Kier molecular flexibility index (Phi) is 4.88. The Bertz CT molecular complexity index is 1010. The number of hydrogen-bond donors (Lipinski definition) is 2. The predicted octanol–water partition coefficient (Wildman–Crippen LogP) is 3.34. The van der Waals surface area contributed by atoms with Gasteiger partial charge >= 0.3 is 6.03 Å². The summed E-state index contributed by atoms with van der Waals surface area (Å²) >= 11 is 0. The van der Waals surface area contributed by atoms with E-state index < -0.39 is 17.7 Å². The molecule has 7 nitrogen and oxygen atoms in total. The van der Waals surface area contributed by atoms with Gasteiger partial charge < -0.3 is 19.9 Å². The van der Waals surface area contributed by atoms with E-state index in [1.165, 1.54) is 24.3 Å². The molecule has 2 aromatic carbocycles. The second kappa shape index (κ2) is 7.63. The van der Waals surface area contributed by atoms with Crippen molar-refractivity contribution in [1.29, 1.82) is 0 Å². The number of nitrogens with zero attached hydrogens (tertiary/aromatic N) is 2. The molecule has 2 heterocycles. The zero-order valence-electron chi connectivity index (χ0n) is 14.6. The molecular formula is C19H16F2N4O3. The summed E-state index contributed by atoms with van der Waals surface area (Å²) in [5, 5.41) is 9.17. The Morgan fingerprint density at radius 1 is 1.18 bits per heavy atom. The highest BCUT2D eigenvalue weighted by atomic mass is 19.1. The third-order valence-electron chi connectivity index (χ3n) is 4.27. The SMILES string of the molecule is O=C(NCc1nc(-c2cccc(F)c2)no1)NC1CCOc2ccc(F)cc21. The normalized spacial score (nSPS) is 15.4. The Labute approximate surface area is 158 Å². The molecule has 1 aromatic heterocycles. The van der Waals surface area contributed by atoms with Gasteiger partial charge in [-0.25, -0.2) is 13.6 Å². The second-order valence-electron chi connectivity index (χ2n) is 6.22. The summed E-state index contributed by atoms with van der Waals surface area (Å²) in [6.45, 7) is 0.414. The number of ether oxygens (including phenoxy) is 1. The zero-order chi connectivity index (χ0) is 19.5. The average Bonchev–Trinajstić information content (AvgIpc) is 3.16. The lowest BCUT2D eigenvalue weighted by molar-refractivity contribution is 0.221. The molecule has 2 amide bonds. The van der Waals surface area contributed by atoms with Gasteiger partial charge in [0.1, 0.15) is 17.4 Å². The summed E-state index contributed by atoms with van der Waals surface area (Å²) in [5.41, 5.74) is 1.06. The van der Waals surface area contributed by atoms with Crippen molar-refractivity contribution in [1.82, 2.24) is 20.8 Å². The molecule has 0 saturated carbocycles. The van der Waals surface area contributed by atoms with Crippen LogP contribution in [-0.4, -0.2) is 22.8 Å². The van der Waals surface area contributed by atoms with Crippen LogP contribution < -0.4 is 15.4 Å². The Hall–Kier alpha value is -3.49. The number of halogens is 2. The molecule has 3 aromatic rings. The number of hydrogen-bond acceptors (Lipinski definition) is 5. The Morgan fingerprint density at radius 3 is 2.89 bits per heavy atom. The van der Waals surface area contributed by atoms with Crippen LogP contribution in [0.3, 0.4) is 0 Å². The van der Waals surface area contributed by atoms with Crippen LogP contribution in [0.5, 0.6) is 5.75 Å². The lowest BCUT2D eigenvalue weighted by Gasteiger charge is -2.26. The number of fused-ring (bicyclic) bond motifs is 1. The van der Waals surface area contributed by atoms with Crippen molar-refractivity contribution >= 4 is 6.03 Å². The maximum Gasteiger partial charge on any atom is 0.315 e. The van der Waals surface area contributed by atoms with Crippen molar-refractivity contribution in [2.24, 2.45) is 0 Å². The molecule has 28 heavy (non-hydrogen) atoms. The van der Waals surface area contributed by atoms with Crippen molar-refractivity contribution in [3.63, 3.8) is 0 Å². The Morgan fingerprint density at radius 2 is 2.04 bits per heavy atom. The third-order valence-corrected chi connectivity index (χ3v) is 4.27. The summed E-state index contributed by atoms with van der Waals surface area (Å²) < 4.78 is 37.3. The van der Waals surface area contributed by atoms with Gasteiger partial charge in [-0.1, -0.05) is 17.3 Å². The highest BCUT2D eigenvalue weighted by molar-refractivity contribution is 5.74. The summed E-state index contributed by atoms with van der Waals surface area (Å²) in [5.74, 6) is 0.148. The molecule has 0 aliphatic carbocycles. The number of urea groups is 1. The van der Waals surface area contributed by atoms with E-state index in [-0.39, 0.29) is 24.3 Å². The third kappa shape index (κ3) is 3.93. The van der Waals surface area contributed by atoms with Crippen molar-refractivity contribution < 1.29 is 22.8 Å². The van der Waals surface area contributed by atoms with Crippen molar-refractivity contribution in [3.8, 4) is 17.1 Å². The minimum Gasteiger partial charge on any atom is -0.493 e. The zero-order valence-corrected chi connectivity index (χ0v) is 14.6. The van der Waals surface area contributed by atoms with Crippen LogP contribution in [0.2, 0.25) is 0 Å². The molecular weight excluding hydrogens is 370 g/mol. The number of nitrogens with one attached hydrogen (secondary N) is 2. The average molecular weight is 386 g/mol. The standard InChI is InChI=1S/C19H16F2N4O3/c20-12-3-1-2-11(8-12)18-24-17(28-25-18)10-22-19(26)23-15-6-7-27-16-5-4-13(21)9-14(15)16/h1-5,8-9,15H,6-7,10H2,(H2,22,23,26). The van der Waals surface area contributed by atoms with Gasteiger partial charge in [-0.2, -0.15) is 4.98 Å². The largest absolute Gasteiger partial charge is 0.493 e. The second-order valence-corrected chi connectivity index (χ2v) is 6.22. The van der Waals surface area contributed by atoms with Gasteiger partial charge in [0, 0.05) is 17.5 Å². The highest BCUT2D eigenvalue weighted by Crippen LogP contribution is 2.32. The van der Waals surface area contributed by atoms with Crippen LogP contribution in [0.1, 0.15) is 23.9 Å². The van der Waals surface area contributed by atoms with E-state index in [2.05, 4.69) is 20.8 Å². The number of carbonyl (C=O) groups excluding carboxylic acids is 1. The molecule has 1 atom stereocenters. The molecule has 0 bridgehead atoms. The van der Waals surface area contributed by atoms with Crippen LogP contribution >= 0.6 is 0 Å². The fourth-order valence-corrected chi connectivity index (χ4v) is 2.95. The number of benzene rings is 2. The Balaban J connectivity index is 1.37. The maximum absolute atomic E-state index is 13.5.